The lowest BCUT2D eigenvalue weighted by atomic mass is 10.2. The summed E-state index contributed by atoms with van der Waals surface area (Å²) in [6.07, 6.45) is 2.99. The molecule has 3 heterocycles. The number of carbonyl (C=O) groups is 2. The molecule has 2 amide bonds. The van der Waals surface area contributed by atoms with Crippen molar-refractivity contribution in [1.29, 1.82) is 0 Å². The summed E-state index contributed by atoms with van der Waals surface area (Å²) in [5.74, 6) is -0.759. The molecule has 1 fully saturated rings. The average Bonchev–Trinajstić information content (AvgIpc) is 2.65. The molecule has 1 aliphatic rings. The Morgan fingerprint density at radius 1 is 1.19 bits per heavy atom. The van der Waals surface area contributed by atoms with Gasteiger partial charge in [-0.1, -0.05) is 11.6 Å². The van der Waals surface area contributed by atoms with Crippen LogP contribution in [0, 0.1) is 12.7 Å². The van der Waals surface area contributed by atoms with Crippen LogP contribution in [0.15, 0.2) is 30.6 Å². The van der Waals surface area contributed by atoms with Crippen molar-refractivity contribution in [1.82, 2.24) is 14.9 Å². The van der Waals surface area contributed by atoms with Crippen LogP contribution in [0.4, 0.5) is 15.9 Å². The second-order valence-electron chi connectivity index (χ2n) is 6.11. The van der Waals surface area contributed by atoms with Gasteiger partial charge in [0.2, 0.25) is 5.91 Å². The molecule has 2 aromatic heterocycles. The van der Waals surface area contributed by atoms with Crippen LogP contribution in [0.2, 0.25) is 5.15 Å². The Hall–Kier alpha value is -2.87. The van der Waals surface area contributed by atoms with Gasteiger partial charge < -0.3 is 10.2 Å². The van der Waals surface area contributed by atoms with Crippen molar-refractivity contribution in [2.45, 2.75) is 6.42 Å². The zero-order valence-electron chi connectivity index (χ0n) is 14.5. The minimum atomic E-state index is -0.662. The van der Waals surface area contributed by atoms with Crippen LogP contribution in [0.25, 0.3) is 0 Å². The first kappa shape index (κ1) is 18.9. The summed E-state index contributed by atoms with van der Waals surface area (Å²) in [6.45, 7) is 6.05. The lowest BCUT2D eigenvalue weighted by Crippen LogP contribution is -2.48. The Morgan fingerprint density at radius 2 is 1.93 bits per heavy atom. The van der Waals surface area contributed by atoms with Crippen molar-refractivity contribution in [3.8, 4) is 0 Å². The van der Waals surface area contributed by atoms with Crippen molar-refractivity contribution < 1.29 is 14.0 Å². The fourth-order valence-corrected chi connectivity index (χ4v) is 2.89. The first-order valence-electron chi connectivity index (χ1n) is 8.34. The highest BCUT2D eigenvalue weighted by Gasteiger charge is 2.22. The third-order valence-electron chi connectivity index (χ3n) is 4.23. The molecule has 140 valence electrons. The summed E-state index contributed by atoms with van der Waals surface area (Å²) >= 11 is 5.53. The van der Waals surface area contributed by atoms with E-state index in [9.17, 15) is 14.0 Å². The number of amides is 2. The van der Waals surface area contributed by atoms with Gasteiger partial charge in [0.15, 0.2) is 17.9 Å². The summed E-state index contributed by atoms with van der Waals surface area (Å²) < 4.78 is 13.4. The summed E-state index contributed by atoms with van der Waals surface area (Å²) in [5.41, 5.74) is 1.33. The predicted molar refractivity (Wildman–Crippen MR) is 99.9 cm³/mol. The molecule has 1 N–H and O–H groups in total. The second-order valence-corrected chi connectivity index (χ2v) is 6.47. The number of halogens is 2. The molecule has 0 aromatic carbocycles. The third-order valence-corrected chi connectivity index (χ3v) is 4.51. The normalized spacial score (nSPS) is 14.1. The molecule has 0 atom stereocenters. The number of nitrogens with zero attached hydrogens (tertiary/aromatic N) is 4. The molecule has 0 bridgehead atoms. The van der Waals surface area contributed by atoms with E-state index in [0.29, 0.717) is 37.6 Å². The number of piperazine rings is 1. The summed E-state index contributed by atoms with van der Waals surface area (Å²) in [7, 11) is 0. The monoisotopic (exact) mass is 390 g/mol. The minimum absolute atomic E-state index is 0.0361. The Balaban J connectivity index is 1.55. The SMILES string of the molecule is [CH2+]C(=O)N1CCN(c2ccc(NC(=O)Cc3cnc(Cl)c(F)c3)nc2)CC1. The zero-order valence-corrected chi connectivity index (χ0v) is 15.2. The molecule has 2 aromatic rings. The fraction of sp³-hybridized carbons (Fsp3) is 0.278. The van der Waals surface area contributed by atoms with Gasteiger partial charge in [-0.2, -0.15) is 0 Å². The number of aromatic nitrogens is 2. The highest BCUT2D eigenvalue weighted by Crippen LogP contribution is 2.18. The largest absolute Gasteiger partial charge is 0.401 e. The number of carbonyl (C=O) groups excluding carboxylic acids is 2. The number of hydrogen-bond donors (Lipinski definition) is 1. The van der Waals surface area contributed by atoms with E-state index < -0.39 is 5.82 Å². The van der Waals surface area contributed by atoms with Crippen LogP contribution in [-0.2, 0) is 16.0 Å². The van der Waals surface area contributed by atoms with Crippen molar-refractivity contribution in [2.75, 3.05) is 36.4 Å². The van der Waals surface area contributed by atoms with Crippen LogP contribution in [0.1, 0.15) is 5.56 Å². The first-order valence-corrected chi connectivity index (χ1v) is 8.72. The minimum Gasteiger partial charge on any atom is -0.367 e. The number of pyridine rings is 2. The Morgan fingerprint density at radius 3 is 2.52 bits per heavy atom. The van der Waals surface area contributed by atoms with Gasteiger partial charge in [-0.25, -0.2) is 19.2 Å². The summed E-state index contributed by atoms with van der Waals surface area (Å²) in [4.78, 5) is 35.1. The number of rotatable bonds is 4. The van der Waals surface area contributed by atoms with Crippen molar-refractivity contribution in [2.24, 2.45) is 0 Å². The molecule has 27 heavy (non-hydrogen) atoms. The Bertz CT molecular complexity index is 838. The average molecular weight is 391 g/mol. The quantitative estimate of drug-likeness (QED) is 0.637. The molecule has 1 aliphatic heterocycles. The van der Waals surface area contributed by atoms with Crippen molar-refractivity contribution in [3.05, 3.63) is 54.1 Å². The fourth-order valence-electron chi connectivity index (χ4n) is 2.79. The smallest absolute Gasteiger partial charge is 0.367 e. The molecule has 0 radical (unpaired) electrons. The molecule has 1 saturated heterocycles. The standard InChI is InChI=1S/C18H17ClFN5O2/c1-12(26)24-4-6-25(7-5-24)14-2-3-16(21-11-14)23-17(27)9-13-8-15(20)18(19)22-10-13/h2-3,8,10-11H,1,4-7,9H2/p+1. The van der Waals surface area contributed by atoms with Gasteiger partial charge in [0.1, 0.15) is 5.82 Å². The number of nitrogens with one attached hydrogen (secondary N) is 1. The first-order chi connectivity index (χ1) is 12.9. The van der Waals surface area contributed by atoms with Crippen LogP contribution >= 0.6 is 11.6 Å². The third kappa shape index (κ3) is 4.85. The van der Waals surface area contributed by atoms with Gasteiger partial charge in [0.25, 0.3) is 0 Å². The van der Waals surface area contributed by atoms with E-state index in [1.807, 2.05) is 6.07 Å². The van der Waals surface area contributed by atoms with Crippen LogP contribution < -0.4 is 10.2 Å². The Kier molecular flexibility index (Phi) is 5.75. The van der Waals surface area contributed by atoms with Gasteiger partial charge in [-0.05, 0) is 23.8 Å². The molecule has 9 heteroatoms. The Labute approximate surface area is 161 Å². The van der Waals surface area contributed by atoms with E-state index in [2.05, 4.69) is 27.1 Å². The molecule has 0 saturated carbocycles. The molecule has 0 spiro atoms. The molecular weight excluding hydrogens is 373 g/mol. The van der Waals surface area contributed by atoms with E-state index in [-0.39, 0.29) is 23.4 Å². The van der Waals surface area contributed by atoms with Gasteiger partial charge in [-0.15, -0.1) is 0 Å². The van der Waals surface area contributed by atoms with Crippen LogP contribution in [-0.4, -0.2) is 52.9 Å². The molecule has 7 nitrogen and oxygen atoms in total. The highest BCUT2D eigenvalue weighted by atomic mass is 35.5. The zero-order chi connectivity index (χ0) is 19.4. The van der Waals surface area contributed by atoms with E-state index in [4.69, 9.17) is 11.6 Å². The van der Waals surface area contributed by atoms with Gasteiger partial charge in [0, 0.05) is 32.4 Å². The van der Waals surface area contributed by atoms with E-state index in [1.165, 1.54) is 12.3 Å². The number of anilines is 2. The van der Waals surface area contributed by atoms with E-state index >= 15 is 0 Å². The van der Waals surface area contributed by atoms with E-state index in [1.54, 1.807) is 17.2 Å². The maximum atomic E-state index is 13.4. The maximum Gasteiger partial charge on any atom is 0.401 e. The lowest BCUT2D eigenvalue weighted by molar-refractivity contribution is -0.126. The summed E-state index contributed by atoms with van der Waals surface area (Å²) in [6, 6.07) is 4.74. The highest BCUT2D eigenvalue weighted by molar-refractivity contribution is 6.29. The summed E-state index contributed by atoms with van der Waals surface area (Å²) in [5, 5.41) is 2.44. The van der Waals surface area contributed by atoms with Crippen molar-refractivity contribution >= 4 is 34.9 Å². The van der Waals surface area contributed by atoms with Crippen LogP contribution in [0.5, 0.6) is 0 Å². The molecular formula is C18H18ClFN5O2+. The maximum absolute atomic E-state index is 13.4. The number of hydrogen-bond acceptors (Lipinski definition) is 5. The van der Waals surface area contributed by atoms with Gasteiger partial charge >= 0.3 is 5.91 Å². The predicted octanol–water partition coefficient (Wildman–Crippen LogP) is 1.93. The van der Waals surface area contributed by atoms with Gasteiger partial charge in [-0.3, -0.25) is 9.69 Å². The lowest BCUT2D eigenvalue weighted by Gasteiger charge is -2.33. The van der Waals surface area contributed by atoms with E-state index in [0.717, 1.165) is 5.69 Å². The topological polar surface area (TPSA) is 78.4 Å². The van der Waals surface area contributed by atoms with Crippen molar-refractivity contribution in [3.63, 3.8) is 0 Å². The van der Waals surface area contributed by atoms with Gasteiger partial charge in [0.05, 0.1) is 18.3 Å². The second kappa shape index (κ2) is 8.22. The molecule has 0 unspecified atom stereocenters. The molecule has 3 rings (SSSR count). The van der Waals surface area contributed by atoms with Crippen LogP contribution in [0.3, 0.4) is 0 Å². The molecule has 0 aliphatic carbocycles.